The number of amides is 2. The summed E-state index contributed by atoms with van der Waals surface area (Å²) in [6.45, 7) is 1.30. The highest BCUT2D eigenvalue weighted by Gasteiger charge is 2.23. The molecule has 1 aromatic rings. The van der Waals surface area contributed by atoms with Gasteiger partial charge in [0, 0.05) is 30.6 Å². The van der Waals surface area contributed by atoms with Crippen molar-refractivity contribution in [1.29, 1.82) is 5.26 Å². The average Bonchev–Trinajstić information content (AvgIpc) is 2.55. The number of hydrogen-bond donors (Lipinski definition) is 1. The van der Waals surface area contributed by atoms with Crippen LogP contribution in [0.3, 0.4) is 0 Å². The van der Waals surface area contributed by atoms with Gasteiger partial charge >= 0.3 is 0 Å². The van der Waals surface area contributed by atoms with Gasteiger partial charge in [0.15, 0.2) is 0 Å². The molecule has 6 heteroatoms. The van der Waals surface area contributed by atoms with Crippen molar-refractivity contribution in [1.82, 2.24) is 10.2 Å². The van der Waals surface area contributed by atoms with E-state index in [1.54, 1.807) is 0 Å². The molecule has 0 radical (unpaired) electrons. The fourth-order valence-corrected chi connectivity index (χ4v) is 2.81. The fourth-order valence-electron chi connectivity index (χ4n) is 2.68. The molecule has 0 saturated carbocycles. The highest BCUT2D eigenvalue weighted by atomic mass is 35.5. The predicted molar refractivity (Wildman–Crippen MR) is 87.7 cm³/mol. The van der Waals surface area contributed by atoms with Gasteiger partial charge in [0.1, 0.15) is 6.42 Å². The Kier molecular flexibility index (Phi) is 6.42. The fraction of sp³-hybridized carbons (Fsp3) is 0.471. The van der Waals surface area contributed by atoms with Gasteiger partial charge in [-0.2, -0.15) is 5.26 Å². The Morgan fingerprint density at radius 3 is 2.52 bits per heavy atom. The highest BCUT2D eigenvalue weighted by Crippen LogP contribution is 2.14. The van der Waals surface area contributed by atoms with Crippen LogP contribution in [-0.4, -0.2) is 35.8 Å². The number of piperidine rings is 1. The summed E-state index contributed by atoms with van der Waals surface area (Å²) in [5.74, 6) is -0.0956. The van der Waals surface area contributed by atoms with E-state index in [1.165, 1.54) is 0 Å². The summed E-state index contributed by atoms with van der Waals surface area (Å²) in [5, 5.41) is 12.0. The van der Waals surface area contributed by atoms with Gasteiger partial charge in [-0.05, 0) is 37.0 Å². The van der Waals surface area contributed by atoms with Crippen LogP contribution in [0, 0.1) is 11.3 Å². The lowest BCUT2D eigenvalue weighted by Gasteiger charge is -2.32. The summed E-state index contributed by atoms with van der Waals surface area (Å²) in [6.07, 6.45) is 2.55. The number of carbonyl (C=O) groups is 2. The van der Waals surface area contributed by atoms with Gasteiger partial charge in [-0.3, -0.25) is 9.59 Å². The number of likely N-dealkylation sites (tertiary alicyclic amines) is 1. The number of aryl methyl sites for hydroxylation is 1. The predicted octanol–water partition coefficient (Wildman–Crippen LogP) is 2.29. The maximum absolute atomic E-state index is 12.2. The second-order valence-electron chi connectivity index (χ2n) is 5.68. The van der Waals surface area contributed by atoms with E-state index in [0.717, 1.165) is 18.4 Å². The number of nitrogens with one attached hydrogen (secondary N) is 1. The summed E-state index contributed by atoms with van der Waals surface area (Å²) in [5.41, 5.74) is 1.10. The molecule has 2 rings (SSSR count). The van der Waals surface area contributed by atoms with Crippen LogP contribution >= 0.6 is 11.6 Å². The van der Waals surface area contributed by atoms with E-state index in [9.17, 15) is 9.59 Å². The molecule has 122 valence electrons. The first-order valence-electron chi connectivity index (χ1n) is 7.77. The maximum atomic E-state index is 12.2. The van der Waals surface area contributed by atoms with Gasteiger partial charge in [0.05, 0.1) is 6.07 Å². The van der Waals surface area contributed by atoms with E-state index in [-0.39, 0.29) is 24.3 Å². The molecule has 0 bridgehead atoms. The number of benzene rings is 1. The van der Waals surface area contributed by atoms with E-state index in [4.69, 9.17) is 16.9 Å². The quantitative estimate of drug-likeness (QED) is 0.898. The first-order valence-corrected chi connectivity index (χ1v) is 8.15. The van der Waals surface area contributed by atoms with Crippen LogP contribution in [0.1, 0.15) is 31.2 Å². The summed E-state index contributed by atoms with van der Waals surface area (Å²) < 4.78 is 0. The van der Waals surface area contributed by atoms with E-state index >= 15 is 0 Å². The van der Waals surface area contributed by atoms with Gasteiger partial charge in [0.25, 0.3) is 0 Å². The SMILES string of the molecule is N#CCC(=O)NC1CCN(C(=O)CCc2ccc(Cl)cc2)CC1. The van der Waals surface area contributed by atoms with Crippen LogP contribution in [0.2, 0.25) is 5.02 Å². The molecule has 1 N–H and O–H groups in total. The van der Waals surface area contributed by atoms with Crippen molar-refractivity contribution in [3.63, 3.8) is 0 Å². The molecular formula is C17H20ClN3O2. The molecule has 0 aliphatic carbocycles. The number of halogens is 1. The molecule has 1 fully saturated rings. The lowest BCUT2D eigenvalue weighted by atomic mass is 10.0. The topological polar surface area (TPSA) is 73.2 Å². The number of nitrogens with zero attached hydrogens (tertiary/aromatic N) is 2. The number of carbonyl (C=O) groups excluding carboxylic acids is 2. The molecule has 1 aliphatic heterocycles. The van der Waals surface area contributed by atoms with Crippen LogP contribution in [0.15, 0.2) is 24.3 Å². The third kappa shape index (κ3) is 5.57. The molecule has 0 spiro atoms. The minimum absolute atomic E-state index is 0.0659. The Balaban J connectivity index is 1.72. The van der Waals surface area contributed by atoms with E-state index in [1.807, 2.05) is 35.2 Å². The standard InChI is InChI=1S/C17H20ClN3O2/c18-14-4-1-13(2-5-14)3-6-17(23)21-11-8-15(9-12-21)20-16(22)7-10-19/h1-2,4-5,15H,3,6-9,11-12H2,(H,20,22). The second kappa shape index (κ2) is 8.54. The van der Waals surface area contributed by atoms with Crippen LogP contribution in [0.4, 0.5) is 0 Å². The number of hydrogen-bond acceptors (Lipinski definition) is 3. The lowest BCUT2D eigenvalue weighted by Crippen LogP contribution is -2.46. The molecule has 1 heterocycles. The van der Waals surface area contributed by atoms with E-state index in [0.29, 0.717) is 31.0 Å². The van der Waals surface area contributed by atoms with Gasteiger partial charge in [0.2, 0.25) is 11.8 Å². The molecule has 0 unspecified atom stereocenters. The van der Waals surface area contributed by atoms with Crippen molar-refractivity contribution >= 4 is 23.4 Å². The van der Waals surface area contributed by atoms with Gasteiger partial charge < -0.3 is 10.2 Å². The van der Waals surface area contributed by atoms with Crippen molar-refractivity contribution < 1.29 is 9.59 Å². The third-order valence-corrected chi connectivity index (χ3v) is 4.25. The minimum atomic E-state index is -0.236. The second-order valence-corrected chi connectivity index (χ2v) is 6.12. The van der Waals surface area contributed by atoms with Gasteiger partial charge in [-0.15, -0.1) is 0 Å². The zero-order chi connectivity index (χ0) is 16.7. The Morgan fingerprint density at radius 2 is 1.91 bits per heavy atom. The van der Waals surface area contributed by atoms with Gasteiger partial charge in [-0.25, -0.2) is 0 Å². The normalized spacial score (nSPS) is 15.0. The van der Waals surface area contributed by atoms with Crippen LogP contribution in [0.25, 0.3) is 0 Å². The maximum Gasteiger partial charge on any atom is 0.234 e. The Hall–Kier alpha value is -2.06. The first kappa shape index (κ1) is 17.3. The van der Waals surface area contributed by atoms with Crippen molar-refractivity contribution in [3.05, 3.63) is 34.9 Å². The largest absolute Gasteiger partial charge is 0.352 e. The zero-order valence-electron chi connectivity index (χ0n) is 12.9. The minimum Gasteiger partial charge on any atom is -0.352 e. The van der Waals surface area contributed by atoms with Crippen molar-refractivity contribution in [3.8, 4) is 6.07 Å². The Morgan fingerprint density at radius 1 is 1.26 bits per heavy atom. The first-order chi connectivity index (χ1) is 11.1. The summed E-state index contributed by atoms with van der Waals surface area (Å²) in [7, 11) is 0. The van der Waals surface area contributed by atoms with Crippen LogP contribution in [-0.2, 0) is 16.0 Å². The lowest BCUT2D eigenvalue weighted by molar-refractivity contribution is -0.132. The summed E-state index contributed by atoms with van der Waals surface area (Å²) >= 11 is 5.84. The molecule has 2 amide bonds. The van der Waals surface area contributed by atoms with Crippen molar-refractivity contribution in [2.24, 2.45) is 0 Å². The molecular weight excluding hydrogens is 314 g/mol. The average molecular weight is 334 g/mol. The van der Waals surface area contributed by atoms with Gasteiger partial charge in [-0.1, -0.05) is 23.7 Å². The third-order valence-electron chi connectivity index (χ3n) is 3.99. The Labute approximate surface area is 141 Å². The number of rotatable bonds is 5. The highest BCUT2D eigenvalue weighted by molar-refractivity contribution is 6.30. The zero-order valence-corrected chi connectivity index (χ0v) is 13.7. The van der Waals surface area contributed by atoms with Crippen LogP contribution in [0.5, 0.6) is 0 Å². The molecule has 1 saturated heterocycles. The monoisotopic (exact) mass is 333 g/mol. The Bertz CT molecular complexity index is 587. The molecule has 23 heavy (non-hydrogen) atoms. The van der Waals surface area contributed by atoms with E-state index < -0.39 is 0 Å². The molecule has 5 nitrogen and oxygen atoms in total. The molecule has 0 atom stereocenters. The smallest absolute Gasteiger partial charge is 0.234 e. The summed E-state index contributed by atoms with van der Waals surface area (Å²) in [6, 6.07) is 9.44. The van der Waals surface area contributed by atoms with Crippen LogP contribution < -0.4 is 5.32 Å². The number of nitriles is 1. The van der Waals surface area contributed by atoms with Crippen molar-refractivity contribution in [2.45, 2.75) is 38.1 Å². The summed E-state index contributed by atoms with van der Waals surface area (Å²) in [4.78, 5) is 25.5. The molecule has 0 aromatic heterocycles. The molecule has 1 aliphatic rings. The molecule has 1 aromatic carbocycles. The van der Waals surface area contributed by atoms with E-state index in [2.05, 4.69) is 5.32 Å². The van der Waals surface area contributed by atoms with Crippen molar-refractivity contribution in [2.75, 3.05) is 13.1 Å².